The van der Waals surface area contributed by atoms with Gasteiger partial charge in [0, 0.05) is 25.2 Å². The molecule has 2 rings (SSSR count). The first kappa shape index (κ1) is 22.1. The summed E-state index contributed by atoms with van der Waals surface area (Å²) < 4.78 is 24.5. The third-order valence-electron chi connectivity index (χ3n) is 4.66. The Bertz CT molecular complexity index is 916. The molecule has 154 valence electrons. The maximum atomic E-state index is 12.2. The Balaban J connectivity index is 1.81. The van der Waals surface area contributed by atoms with Crippen LogP contribution < -0.4 is 10.5 Å². The minimum Gasteiger partial charge on any atom is -0.356 e. The standard InChI is InChI=1S/C20H30N4O3S/c1-14(2)13-24-16(4)19(15(3)23-24)9-10-20(25)22-12-11-17-5-7-18(8-6-17)28(21,26)27/h5-8,14H,9-13H2,1-4H3,(H,22,25)(H2,21,26,27). The molecule has 7 nitrogen and oxygen atoms in total. The van der Waals surface area contributed by atoms with E-state index in [0.717, 1.165) is 29.1 Å². The van der Waals surface area contributed by atoms with Crippen LogP contribution in [0.2, 0.25) is 0 Å². The molecule has 0 spiro atoms. The smallest absolute Gasteiger partial charge is 0.238 e. The second-order valence-corrected chi connectivity index (χ2v) is 9.08. The summed E-state index contributed by atoms with van der Waals surface area (Å²) in [5.41, 5.74) is 4.21. The molecule has 0 aliphatic carbocycles. The number of nitrogens with two attached hydrogens (primary N) is 1. The fraction of sp³-hybridized carbons (Fsp3) is 0.500. The predicted molar refractivity (Wildman–Crippen MR) is 109 cm³/mol. The van der Waals surface area contributed by atoms with Crippen LogP contribution in [-0.4, -0.2) is 30.7 Å². The number of hydrogen-bond donors (Lipinski definition) is 2. The van der Waals surface area contributed by atoms with Crippen LogP contribution in [0, 0.1) is 19.8 Å². The van der Waals surface area contributed by atoms with Gasteiger partial charge in [-0.2, -0.15) is 5.10 Å². The Hall–Kier alpha value is -2.19. The summed E-state index contributed by atoms with van der Waals surface area (Å²) in [6.45, 7) is 9.74. The summed E-state index contributed by atoms with van der Waals surface area (Å²) in [6.07, 6.45) is 1.71. The van der Waals surface area contributed by atoms with E-state index in [1.807, 2.05) is 11.6 Å². The minimum atomic E-state index is -3.68. The van der Waals surface area contributed by atoms with Gasteiger partial charge in [-0.25, -0.2) is 13.6 Å². The van der Waals surface area contributed by atoms with Crippen molar-refractivity contribution in [2.75, 3.05) is 6.54 Å². The quantitative estimate of drug-likeness (QED) is 0.665. The Morgan fingerprint density at radius 1 is 1.18 bits per heavy atom. The lowest BCUT2D eigenvalue weighted by Crippen LogP contribution is -2.26. The number of aryl methyl sites for hydroxylation is 1. The lowest BCUT2D eigenvalue weighted by atomic mass is 10.1. The van der Waals surface area contributed by atoms with Crippen molar-refractivity contribution in [2.24, 2.45) is 11.1 Å². The molecule has 0 aliphatic heterocycles. The lowest BCUT2D eigenvalue weighted by Gasteiger charge is -2.08. The van der Waals surface area contributed by atoms with Crippen LogP contribution in [0.25, 0.3) is 0 Å². The maximum absolute atomic E-state index is 12.2. The molecule has 0 saturated carbocycles. The van der Waals surface area contributed by atoms with Gasteiger partial charge in [0.1, 0.15) is 0 Å². The Labute approximate surface area is 167 Å². The number of nitrogens with one attached hydrogen (secondary N) is 1. The number of rotatable bonds is 9. The van der Waals surface area contributed by atoms with Crippen molar-refractivity contribution < 1.29 is 13.2 Å². The molecule has 1 aromatic heterocycles. The van der Waals surface area contributed by atoms with Gasteiger partial charge in [0.25, 0.3) is 0 Å². The lowest BCUT2D eigenvalue weighted by molar-refractivity contribution is -0.121. The number of nitrogens with zero attached hydrogens (tertiary/aromatic N) is 2. The molecule has 0 aliphatic rings. The molecule has 0 saturated heterocycles. The van der Waals surface area contributed by atoms with Gasteiger partial charge in [0.2, 0.25) is 15.9 Å². The van der Waals surface area contributed by atoms with E-state index < -0.39 is 10.0 Å². The van der Waals surface area contributed by atoms with Crippen molar-refractivity contribution in [1.29, 1.82) is 0 Å². The average Bonchev–Trinajstić information content (AvgIpc) is 2.85. The topological polar surface area (TPSA) is 107 Å². The van der Waals surface area contributed by atoms with Crippen molar-refractivity contribution >= 4 is 15.9 Å². The molecule has 1 amide bonds. The van der Waals surface area contributed by atoms with Crippen LogP contribution in [0.5, 0.6) is 0 Å². The molecule has 2 aromatic rings. The highest BCUT2D eigenvalue weighted by atomic mass is 32.2. The number of sulfonamides is 1. The molecule has 1 heterocycles. The second kappa shape index (κ2) is 9.34. The van der Waals surface area contributed by atoms with Gasteiger partial charge in [0.15, 0.2) is 0 Å². The third-order valence-corrected chi connectivity index (χ3v) is 5.59. The Morgan fingerprint density at radius 2 is 1.82 bits per heavy atom. The van der Waals surface area contributed by atoms with Gasteiger partial charge in [-0.1, -0.05) is 26.0 Å². The highest BCUT2D eigenvalue weighted by Gasteiger charge is 2.14. The molecular weight excluding hydrogens is 376 g/mol. The van der Waals surface area contributed by atoms with Crippen molar-refractivity contribution in [2.45, 2.75) is 58.4 Å². The molecule has 0 bridgehead atoms. The van der Waals surface area contributed by atoms with Crippen LogP contribution >= 0.6 is 0 Å². The summed E-state index contributed by atoms with van der Waals surface area (Å²) in [6, 6.07) is 6.38. The molecule has 1 aromatic carbocycles. The van der Waals surface area contributed by atoms with Crippen LogP contribution in [0.1, 0.15) is 42.8 Å². The van der Waals surface area contributed by atoms with E-state index in [4.69, 9.17) is 5.14 Å². The second-order valence-electron chi connectivity index (χ2n) is 7.51. The number of carbonyl (C=O) groups is 1. The van der Waals surface area contributed by atoms with Crippen molar-refractivity contribution in [1.82, 2.24) is 15.1 Å². The molecule has 0 radical (unpaired) electrons. The van der Waals surface area contributed by atoms with E-state index in [-0.39, 0.29) is 10.8 Å². The SMILES string of the molecule is Cc1nn(CC(C)C)c(C)c1CCC(=O)NCCc1ccc(S(N)(=O)=O)cc1. The number of aromatic nitrogens is 2. The Kier molecular flexibility index (Phi) is 7.37. The van der Waals surface area contributed by atoms with Crippen LogP contribution in [0.15, 0.2) is 29.2 Å². The zero-order valence-electron chi connectivity index (χ0n) is 17.0. The van der Waals surface area contributed by atoms with E-state index in [9.17, 15) is 13.2 Å². The zero-order chi connectivity index (χ0) is 20.9. The number of amides is 1. The van der Waals surface area contributed by atoms with Crippen LogP contribution in [-0.2, 0) is 34.2 Å². The molecule has 8 heteroatoms. The number of hydrogen-bond acceptors (Lipinski definition) is 4. The maximum Gasteiger partial charge on any atom is 0.238 e. The summed E-state index contributed by atoms with van der Waals surface area (Å²) in [5, 5.41) is 12.6. The van der Waals surface area contributed by atoms with Crippen LogP contribution in [0.4, 0.5) is 0 Å². The zero-order valence-corrected chi connectivity index (χ0v) is 17.8. The minimum absolute atomic E-state index is 0.00318. The number of carbonyl (C=O) groups excluding carboxylic acids is 1. The Morgan fingerprint density at radius 3 is 2.39 bits per heavy atom. The fourth-order valence-electron chi connectivity index (χ4n) is 3.14. The summed E-state index contributed by atoms with van der Waals surface area (Å²) >= 11 is 0. The van der Waals surface area contributed by atoms with Gasteiger partial charge >= 0.3 is 0 Å². The average molecular weight is 407 g/mol. The van der Waals surface area contributed by atoms with Gasteiger partial charge in [-0.05, 0) is 55.9 Å². The molecule has 28 heavy (non-hydrogen) atoms. The highest BCUT2D eigenvalue weighted by molar-refractivity contribution is 7.89. The number of benzene rings is 1. The molecule has 0 unspecified atom stereocenters. The van der Waals surface area contributed by atoms with E-state index in [2.05, 4.69) is 31.2 Å². The summed E-state index contributed by atoms with van der Waals surface area (Å²) in [4.78, 5) is 12.3. The monoisotopic (exact) mass is 406 g/mol. The van der Waals surface area contributed by atoms with Crippen molar-refractivity contribution in [3.8, 4) is 0 Å². The van der Waals surface area contributed by atoms with E-state index in [1.54, 1.807) is 12.1 Å². The van der Waals surface area contributed by atoms with Crippen molar-refractivity contribution in [3.63, 3.8) is 0 Å². The highest BCUT2D eigenvalue weighted by Crippen LogP contribution is 2.16. The summed E-state index contributed by atoms with van der Waals surface area (Å²) in [5.74, 6) is 0.518. The molecular formula is C20H30N4O3S. The van der Waals surface area contributed by atoms with E-state index in [1.165, 1.54) is 12.1 Å². The van der Waals surface area contributed by atoms with Crippen LogP contribution in [0.3, 0.4) is 0 Å². The number of primary sulfonamides is 1. The first-order chi connectivity index (χ1) is 13.1. The first-order valence-electron chi connectivity index (χ1n) is 9.49. The largest absolute Gasteiger partial charge is 0.356 e. The predicted octanol–water partition coefficient (Wildman–Crippen LogP) is 2.09. The van der Waals surface area contributed by atoms with E-state index in [0.29, 0.717) is 31.7 Å². The van der Waals surface area contributed by atoms with Gasteiger partial charge in [-0.3, -0.25) is 9.48 Å². The normalized spacial score (nSPS) is 11.8. The molecule has 3 N–H and O–H groups in total. The van der Waals surface area contributed by atoms with Gasteiger partial charge < -0.3 is 5.32 Å². The fourth-order valence-corrected chi connectivity index (χ4v) is 3.65. The van der Waals surface area contributed by atoms with Crippen molar-refractivity contribution in [3.05, 3.63) is 46.8 Å². The van der Waals surface area contributed by atoms with E-state index >= 15 is 0 Å². The third kappa shape index (κ3) is 6.17. The first-order valence-corrected chi connectivity index (χ1v) is 11.0. The van der Waals surface area contributed by atoms with Gasteiger partial charge in [0.05, 0.1) is 10.6 Å². The molecule has 0 fully saturated rings. The van der Waals surface area contributed by atoms with Gasteiger partial charge in [-0.15, -0.1) is 0 Å². The summed E-state index contributed by atoms with van der Waals surface area (Å²) in [7, 11) is -3.68. The molecule has 0 atom stereocenters.